The van der Waals surface area contributed by atoms with Gasteiger partial charge >= 0.3 is 0 Å². The van der Waals surface area contributed by atoms with Crippen molar-refractivity contribution >= 4 is 11.4 Å². The van der Waals surface area contributed by atoms with Gasteiger partial charge in [0.2, 0.25) is 0 Å². The van der Waals surface area contributed by atoms with Crippen LogP contribution in [-0.2, 0) is 0 Å². The van der Waals surface area contributed by atoms with Gasteiger partial charge in [-0.05, 0) is 51.2 Å². The summed E-state index contributed by atoms with van der Waals surface area (Å²) in [5, 5.41) is 0. The van der Waals surface area contributed by atoms with E-state index < -0.39 is 0 Å². The number of nitrogens with two attached hydrogens (primary N) is 1. The predicted octanol–water partition coefficient (Wildman–Crippen LogP) is 2.97. The van der Waals surface area contributed by atoms with Gasteiger partial charge in [0.1, 0.15) is 5.82 Å². The van der Waals surface area contributed by atoms with E-state index in [-0.39, 0.29) is 5.82 Å². The third-order valence-electron chi connectivity index (χ3n) is 3.45. The molecule has 0 aromatic heterocycles. The third-order valence-corrected chi connectivity index (χ3v) is 3.45. The number of anilines is 2. The molecule has 0 atom stereocenters. The standard InChI is InChI=1S/C15H26FN3/c1-4-18(5-2)8-7-9-19(6-3)15-11-13(16)10-14(17)12-15/h10-12H,4-9,17H2,1-3H3. The summed E-state index contributed by atoms with van der Waals surface area (Å²) in [5.74, 6) is -0.266. The summed E-state index contributed by atoms with van der Waals surface area (Å²) in [5.41, 5.74) is 7.06. The minimum atomic E-state index is -0.266. The van der Waals surface area contributed by atoms with Crippen molar-refractivity contribution in [2.45, 2.75) is 27.2 Å². The molecule has 0 fully saturated rings. The highest BCUT2D eigenvalue weighted by molar-refractivity contribution is 5.56. The zero-order valence-electron chi connectivity index (χ0n) is 12.3. The molecule has 1 aromatic rings. The molecule has 19 heavy (non-hydrogen) atoms. The first kappa shape index (κ1) is 15.8. The van der Waals surface area contributed by atoms with E-state index in [2.05, 4.69) is 30.6 Å². The van der Waals surface area contributed by atoms with E-state index in [4.69, 9.17) is 5.73 Å². The molecule has 0 aliphatic heterocycles. The lowest BCUT2D eigenvalue weighted by atomic mass is 10.2. The van der Waals surface area contributed by atoms with Crippen molar-refractivity contribution in [1.29, 1.82) is 0 Å². The Morgan fingerprint density at radius 3 is 2.21 bits per heavy atom. The Bertz CT molecular complexity index is 357. The molecule has 0 spiro atoms. The van der Waals surface area contributed by atoms with Crippen LogP contribution >= 0.6 is 0 Å². The Hall–Kier alpha value is -1.29. The van der Waals surface area contributed by atoms with Gasteiger partial charge in [-0.25, -0.2) is 4.39 Å². The first-order chi connectivity index (χ1) is 9.10. The quantitative estimate of drug-likeness (QED) is 0.735. The average Bonchev–Trinajstić information content (AvgIpc) is 2.38. The monoisotopic (exact) mass is 267 g/mol. The fraction of sp³-hybridized carbons (Fsp3) is 0.600. The molecule has 1 aromatic carbocycles. The van der Waals surface area contributed by atoms with E-state index in [1.807, 2.05) is 6.07 Å². The fourth-order valence-electron chi connectivity index (χ4n) is 2.27. The molecule has 0 radical (unpaired) electrons. The topological polar surface area (TPSA) is 32.5 Å². The molecule has 3 nitrogen and oxygen atoms in total. The molecule has 0 heterocycles. The number of halogens is 1. The van der Waals surface area contributed by atoms with Crippen molar-refractivity contribution in [1.82, 2.24) is 4.90 Å². The molecule has 108 valence electrons. The highest BCUT2D eigenvalue weighted by Crippen LogP contribution is 2.20. The van der Waals surface area contributed by atoms with Crippen molar-refractivity contribution in [3.63, 3.8) is 0 Å². The van der Waals surface area contributed by atoms with Crippen LogP contribution in [0.4, 0.5) is 15.8 Å². The molecule has 0 amide bonds. The normalized spacial score (nSPS) is 11.0. The van der Waals surface area contributed by atoms with Gasteiger partial charge in [-0.1, -0.05) is 13.8 Å². The van der Waals surface area contributed by atoms with Crippen LogP contribution in [0.15, 0.2) is 18.2 Å². The highest BCUT2D eigenvalue weighted by atomic mass is 19.1. The van der Waals surface area contributed by atoms with Crippen LogP contribution in [-0.4, -0.2) is 37.6 Å². The summed E-state index contributed by atoms with van der Waals surface area (Å²) in [6, 6.07) is 4.74. The lowest BCUT2D eigenvalue weighted by Crippen LogP contribution is -2.30. The summed E-state index contributed by atoms with van der Waals surface area (Å²) in [4.78, 5) is 4.57. The van der Waals surface area contributed by atoms with Gasteiger partial charge in [-0.15, -0.1) is 0 Å². The van der Waals surface area contributed by atoms with Gasteiger partial charge in [0.05, 0.1) is 0 Å². The van der Waals surface area contributed by atoms with Crippen molar-refractivity contribution < 1.29 is 4.39 Å². The molecule has 0 aliphatic rings. The predicted molar refractivity (Wildman–Crippen MR) is 81.1 cm³/mol. The average molecular weight is 267 g/mol. The highest BCUT2D eigenvalue weighted by Gasteiger charge is 2.07. The molecule has 2 N–H and O–H groups in total. The molecular weight excluding hydrogens is 241 g/mol. The van der Waals surface area contributed by atoms with Gasteiger partial charge in [-0.2, -0.15) is 0 Å². The van der Waals surface area contributed by atoms with Crippen LogP contribution in [0.5, 0.6) is 0 Å². The molecule has 0 saturated heterocycles. The molecule has 0 bridgehead atoms. The lowest BCUT2D eigenvalue weighted by Gasteiger charge is -2.25. The summed E-state index contributed by atoms with van der Waals surface area (Å²) in [6.07, 6.45) is 1.08. The summed E-state index contributed by atoms with van der Waals surface area (Å²) < 4.78 is 13.4. The SMILES string of the molecule is CCN(CC)CCCN(CC)c1cc(N)cc(F)c1. The van der Waals surface area contributed by atoms with E-state index in [9.17, 15) is 4.39 Å². The smallest absolute Gasteiger partial charge is 0.127 e. The number of hydrogen-bond donors (Lipinski definition) is 1. The zero-order chi connectivity index (χ0) is 14.3. The van der Waals surface area contributed by atoms with Crippen LogP contribution in [0.1, 0.15) is 27.2 Å². The van der Waals surface area contributed by atoms with Crippen molar-refractivity contribution in [2.24, 2.45) is 0 Å². The minimum absolute atomic E-state index is 0.266. The number of nitrogens with zero attached hydrogens (tertiary/aromatic N) is 2. The van der Waals surface area contributed by atoms with E-state index in [1.54, 1.807) is 6.07 Å². The number of benzene rings is 1. The second-order valence-corrected chi connectivity index (χ2v) is 4.70. The van der Waals surface area contributed by atoms with Gasteiger partial charge in [0.15, 0.2) is 0 Å². The second kappa shape index (κ2) is 8.00. The molecule has 1 rings (SSSR count). The summed E-state index contributed by atoms with van der Waals surface area (Å²) in [7, 11) is 0. The van der Waals surface area contributed by atoms with Crippen LogP contribution in [0, 0.1) is 5.82 Å². The largest absolute Gasteiger partial charge is 0.399 e. The van der Waals surface area contributed by atoms with Crippen LogP contribution in [0.25, 0.3) is 0 Å². The summed E-state index contributed by atoms with van der Waals surface area (Å²) >= 11 is 0. The maximum atomic E-state index is 13.4. The second-order valence-electron chi connectivity index (χ2n) is 4.70. The van der Waals surface area contributed by atoms with Crippen LogP contribution < -0.4 is 10.6 Å². The Labute approximate surface area is 116 Å². The van der Waals surface area contributed by atoms with E-state index in [1.165, 1.54) is 6.07 Å². The van der Waals surface area contributed by atoms with E-state index >= 15 is 0 Å². The first-order valence-electron chi connectivity index (χ1n) is 7.14. The number of rotatable bonds is 8. The van der Waals surface area contributed by atoms with Crippen molar-refractivity contribution in [2.75, 3.05) is 43.4 Å². The zero-order valence-corrected chi connectivity index (χ0v) is 12.3. The Morgan fingerprint density at radius 1 is 1.00 bits per heavy atom. The third kappa shape index (κ3) is 5.07. The number of nitrogen functional groups attached to an aromatic ring is 1. The van der Waals surface area contributed by atoms with Crippen LogP contribution in [0.2, 0.25) is 0 Å². The fourth-order valence-corrected chi connectivity index (χ4v) is 2.27. The number of hydrogen-bond acceptors (Lipinski definition) is 3. The molecule has 0 aliphatic carbocycles. The van der Waals surface area contributed by atoms with E-state index in [0.29, 0.717) is 5.69 Å². The minimum Gasteiger partial charge on any atom is -0.399 e. The van der Waals surface area contributed by atoms with Crippen LogP contribution in [0.3, 0.4) is 0 Å². The first-order valence-corrected chi connectivity index (χ1v) is 7.14. The van der Waals surface area contributed by atoms with Gasteiger partial charge in [-0.3, -0.25) is 0 Å². The molecule has 4 heteroatoms. The Balaban J connectivity index is 2.58. The van der Waals surface area contributed by atoms with Gasteiger partial charge < -0.3 is 15.5 Å². The van der Waals surface area contributed by atoms with Crippen molar-refractivity contribution in [3.8, 4) is 0 Å². The Morgan fingerprint density at radius 2 is 1.68 bits per heavy atom. The molecular formula is C15H26FN3. The Kier molecular flexibility index (Phi) is 6.64. The van der Waals surface area contributed by atoms with E-state index in [0.717, 1.165) is 44.8 Å². The maximum absolute atomic E-state index is 13.4. The summed E-state index contributed by atoms with van der Waals surface area (Å²) in [6.45, 7) is 11.5. The lowest BCUT2D eigenvalue weighted by molar-refractivity contribution is 0.301. The maximum Gasteiger partial charge on any atom is 0.127 e. The van der Waals surface area contributed by atoms with Gasteiger partial charge in [0.25, 0.3) is 0 Å². The molecule has 0 saturated carbocycles. The van der Waals surface area contributed by atoms with Gasteiger partial charge in [0, 0.05) is 24.5 Å². The van der Waals surface area contributed by atoms with Crippen molar-refractivity contribution in [3.05, 3.63) is 24.0 Å². The molecule has 0 unspecified atom stereocenters.